The first-order valence-electron chi connectivity index (χ1n) is 4.94. The van der Waals surface area contributed by atoms with E-state index in [2.05, 4.69) is 4.99 Å². The lowest BCUT2D eigenvalue weighted by Crippen LogP contribution is -2.20. The molecular weight excluding hydrogens is 202 g/mol. The summed E-state index contributed by atoms with van der Waals surface area (Å²) in [6.07, 6.45) is 5.24. The van der Waals surface area contributed by atoms with Crippen molar-refractivity contribution in [2.75, 3.05) is 5.88 Å². The third-order valence-corrected chi connectivity index (χ3v) is 3.95. The molecule has 1 unspecified atom stereocenters. The summed E-state index contributed by atoms with van der Waals surface area (Å²) in [7, 11) is -3.43. The molecule has 0 amide bonds. The summed E-state index contributed by atoms with van der Waals surface area (Å²) in [6.45, 7) is 1.26. The zero-order valence-electron chi connectivity index (χ0n) is 8.44. The van der Waals surface area contributed by atoms with E-state index in [1.807, 2.05) is 0 Å². The minimum atomic E-state index is -3.43. The zero-order chi connectivity index (χ0) is 10.6. The van der Waals surface area contributed by atoms with Gasteiger partial charge >= 0.3 is 0 Å². The van der Waals surface area contributed by atoms with Crippen LogP contribution >= 0.6 is 0 Å². The molecule has 0 heterocycles. The molecule has 1 fully saturated rings. The van der Waals surface area contributed by atoms with Crippen LogP contribution in [0.3, 0.4) is 0 Å². The lowest BCUT2D eigenvalue weighted by atomic mass is 9.99. The monoisotopic (exact) mass is 219 g/mol. The van der Waals surface area contributed by atoms with Gasteiger partial charge in [-0.1, -0.05) is 6.42 Å². The number of sulfone groups is 1. The molecule has 0 radical (unpaired) electrons. The van der Waals surface area contributed by atoms with Crippen molar-refractivity contribution < 1.29 is 13.5 Å². The van der Waals surface area contributed by atoms with E-state index in [4.69, 9.17) is 5.11 Å². The van der Waals surface area contributed by atoms with Crippen LogP contribution in [0.2, 0.25) is 0 Å². The summed E-state index contributed by atoms with van der Waals surface area (Å²) in [5, 5.41) is 8.95. The van der Waals surface area contributed by atoms with E-state index >= 15 is 0 Å². The fraction of sp³-hybridized carbons (Fsp3) is 0.889. The number of rotatable bonds is 3. The molecule has 0 saturated heterocycles. The Hall–Kier alpha value is -0.420. The largest absolute Gasteiger partial charge is 0.377 e. The molecule has 5 heteroatoms. The number of hydrogen-bond donors (Lipinski definition) is 1. The molecule has 82 valence electrons. The van der Waals surface area contributed by atoms with Crippen LogP contribution in [0.1, 0.15) is 39.0 Å². The first-order valence-corrected chi connectivity index (χ1v) is 6.66. The van der Waals surface area contributed by atoms with Crippen molar-refractivity contribution in [3.05, 3.63) is 0 Å². The molecule has 1 N–H and O–H groups in total. The number of nitrogens with zero attached hydrogens (tertiary/aromatic N) is 1. The molecule has 0 aromatic rings. The van der Waals surface area contributed by atoms with Crippen molar-refractivity contribution >= 4 is 15.5 Å². The van der Waals surface area contributed by atoms with Gasteiger partial charge in [0.05, 0.1) is 0 Å². The molecule has 1 aliphatic rings. The first kappa shape index (κ1) is 11.7. The first-order chi connectivity index (χ1) is 6.52. The standard InChI is InChI=1S/C9H17NO3S/c1-8(11)14(12,13)7-10-9-5-3-2-4-6-9/h8,11H,2-7H2,1H3. The van der Waals surface area contributed by atoms with Gasteiger partial charge in [0.25, 0.3) is 0 Å². The molecule has 1 atom stereocenters. The summed E-state index contributed by atoms with van der Waals surface area (Å²) in [5.74, 6) is -0.264. The van der Waals surface area contributed by atoms with Crippen LogP contribution in [0, 0.1) is 0 Å². The second-order valence-corrected chi connectivity index (χ2v) is 5.94. The second-order valence-electron chi connectivity index (χ2n) is 3.68. The van der Waals surface area contributed by atoms with Crippen LogP contribution in [0.4, 0.5) is 0 Å². The second kappa shape index (κ2) is 4.89. The van der Waals surface area contributed by atoms with Gasteiger partial charge in [0, 0.05) is 5.71 Å². The third kappa shape index (κ3) is 3.38. The van der Waals surface area contributed by atoms with Crippen LogP contribution in [0.15, 0.2) is 4.99 Å². The topological polar surface area (TPSA) is 66.7 Å². The van der Waals surface area contributed by atoms with Gasteiger partial charge in [-0.3, -0.25) is 4.99 Å². The predicted octanol–water partition coefficient (Wildman–Crippen LogP) is 1.10. The highest BCUT2D eigenvalue weighted by Gasteiger charge is 2.17. The quantitative estimate of drug-likeness (QED) is 0.773. The van der Waals surface area contributed by atoms with E-state index in [1.165, 1.54) is 13.3 Å². The van der Waals surface area contributed by atoms with Crippen LogP contribution < -0.4 is 0 Å². The lowest BCUT2D eigenvalue weighted by Gasteiger charge is -2.12. The highest BCUT2D eigenvalue weighted by atomic mass is 32.2. The summed E-state index contributed by atoms with van der Waals surface area (Å²) in [6, 6.07) is 0. The van der Waals surface area contributed by atoms with Crippen LogP contribution in [-0.2, 0) is 9.84 Å². The smallest absolute Gasteiger partial charge is 0.196 e. The number of hydrogen-bond acceptors (Lipinski definition) is 4. The number of aliphatic hydroxyl groups excluding tert-OH is 1. The lowest BCUT2D eigenvalue weighted by molar-refractivity contribution is 0.268. The van der Waals surface area contributed by atoms with E-state index in [-0.39, 0.29) is 5.88 Å². The fourth-order valence-electron chi connectivity index (χ4n) is 1.41. The Morgan fingerprint density at radius 3 is 2.43 bits per heavy atom. The zero-order valence-corrected chi connectivity index (χ0v) is 9.26. The molecule has 0 aromatic heterocycles. The third-order valence-electron chi connectivity index (χ3n) is 2.42. The van der Waals surface area contributed by atoms with Gasteiger partial charge < -0.3 is 5.11 Å². The van der Waals surface area contributed by atoms with Gasteiger partial charge in [-0.05, 0) is 32.6 Å². The van der Waals surface area contributed by atoms with E-state index in [0.29, 0.717) is 0 Å². The summed E-state index contributed by atoms with van der Waals surface area (Å²) >= 11 is 0. The summed E-state index contributed by atoms with van der Waals surface area (Å²) < 4.78 is 22.4. The SMILES string of the molecule is CC(O)S(=O)(=O)CN=C1CCCCC1. The van der Waals surface area contributed by atoms with Crippen molar-refractivity contribution in [2.45, 2.75) is 44.5 Å². The molecule has 0 spiro atoms. The Bertz CT molecular complexity index is 298. The molecule has 4 nitrogen and oxygen atoms in total. The molecular formula is C9H17NO3S. The summed E-state index contributed by atoms with van der Waals surface area (Å²) in [5.41, 5.74) is -0.323. The van der Waals surface area contributed by atoms with Crippen molar-refractivity contribution in [3.63, 3.8) is 0 Å². The normalized spacial score (nSPS) is 20.6. The Balaban J connectivity index is 2.53. The molecule has 0 aliphatic heterocycles. The average Bonchev–Trinajstić information content (AvgIpc) is 2.16. The maximum absolute atomic E-state index is 11.2. The van der Waals surface area contributed by atoms with Crippen LogP contribution in [0.5, 0.6) is 0 Å². The molecule has 1 saturated carbocycles. The van der Waals surface area contributed by atoms with Crippen molar-refractivity contribution in [2.24, 2.45) is 4.99 Å². The predicted molar refractivity (Wildman–Crippen MR) is 56.0 cm³/mol. The van der Waals surface area contributed by atoms with Gasteiger partial charge in [0.15, 0.2) is 15.3 Å². The van der Waals surface area contributed by atoms with Gasteiger partial charge in [0.1, 0.15) is 5.88 Å². The molecule has 1 aliphatic carbocycles. The number of aliphatic hydroxyl groups is 1. The molecule has 0 bridgehead atoms. The Morgan fingerprint density at radius 2 is 1.93 bits per heavy atom. The van der Waals surface area contributed by atoms with Gasteiger partial charge in [-0.2, -0.15) is 0 Å². The average molecular weight is 219 g/mol. The van der Waals surface area contributed by atoms with Gasteiger partial charge in [0.2, 0.25) is 0 Å². The van der Waals surface area contributed by atoms with E-state index < -0.39 is 15.3 Å². The Kier molecular flexibility index (Phi) is 4.07. The minimum Gasteiger partial charge on any atom is -0.377 e. The van der Waals surface area contributed by atoms with Gasteiger partial charge in [-0.15, -0.1) is 0 Å². The summed E-state index contributed by atoms with van der Waals surface area (Å²) in [4.78, 5) is 4.04. The van der Waals surface area contributed by atoms with E-state index in [9.17, 15) is 8.42 Å². The maximum atomic E-state index is 11.2. The van der Waals surface area contributed by atoms with E-state index in [0.717, 1.165) is 31.4 Å². The van der Waals surface area contributed by atoms with Crippen LogP contribution in [-0.4, -0.2) is 30.5 Å². The van der Waals surface area contributed by atoms with E-state index in [1.54, 1.807) is 0 Å². The Morgan fingerprint density at radius 1 is 1.36 bits per heavy atom. The molecule has 14 heavy (non-hydrogen) atoms. The maximum Gasteiger partial charge on any atom is 0.196 e. The van der Waals surface area contributed by atoms with Crippen molar-refractivity contribution in [1.29, 1.82) is 0 Å². The molecule has 1 rings (SSSR count). The molecule has 0 aromatic carbocycles. The van der Waals surface area contributed by atoms with Gasteiger partial charge in [-0.25, -0.2) is 8.42 Å². The highest BCUT2D eigenvalue weighted by molar-refractivity contribution is 7.91. The minimum absolute atomic E-state index is 0.264. The number of aliphatic imine (C=N–C) groups is 1. The van der Waals surface area contributed by atoms with Crippen molar-refractivity contribution in [1.82, 2.24) is 0 Å². The van der Waals surface area contributed by atoms with Crippen molar-refractivity contribution in [3.8, 4) is 0 Å². The van der Waals surface area contributed by atoms with Crippen LogP contribution in [0.25, 0.3) is 0 Å². The highest BCUT2D eigenvalue weighted by Crippen LogP contribution is 2.15. The fourth-order valence-corrected chi connectivity index (χ4v) is 1.99. The Labute approximate surface area is 85.0 Å².